The zero-order valence-corrected chi connectivity index (χ0v) is 12.0. The van der Waals surface area contributed by atoms with E-state index in [2.05, 4.69) is 17.0 Å². The number of benzene rings is 1. The van der Waals surface area contributed by atoms with E-state index in [-0.39, 0.29) is 13.2 Å². The molecule has 0 spiro atoms. The molecule has 20 heavy (non-hydrogen) atoms. The maximum atomic E-state index is 9.29. The minimum atomic E-state index is 0.182. The van der Waals surface area contributed by atoms with Crippen LogP contribution in [0.1, 0.15) is 6.42 Å². The van der Waals surface area contributed by atoms with Crippen LogP contribution in [0.3, 0.4) is 0 Å². The predicted octanol–water partition coefficient (Wildman–Crippen LogP) is 0.280. The summed E-state index contributed by atoms with van der Waals surface area (Å²) in [6, 6.07) is 7.99. The second-order valence-electron chi connectivity index (χ2n) is 5.62. The zero-order valence-electron chi connectivity index (χ0n) is 12.0. The van der Waals surface area contributed by atoms with Crippen molar-refractivity contribution in [3.05, 3.63) is 24.3 Å². The largest absolute Gasteiger partial charge is 0.399 e. The smallest absolute Gasteiger partial charge is 0.102 e. The predicted molar refractivity (Wildman–Crippen MR) is 81.6 cm³/mol. The van der Waals surface area contributed by atoms with Gasteiger partial charge < -0.3 is 25.3 Å². The molecule has 1 heterocycles. The summed E-state index contributed by atoms with van der Waals surface area (Å²) in [6.07, 6.45) is 1.07. The lowest BCUT2D eigenvalue weighted by Crippen LogP contribution is -2.53. The third kappa shape index (κ3) is 3.62. The number of aliphatic hydroxyl groups is 2. The second-order valence-corrected chi connectivity index (χ2v) is 5.62. The van der Waals surface area contributed by atoms with Gasteiger partial charge in [-0.1, -0.05) is 0 Å². The molecule has 0 aliphatic carbocycles. The van der Waals surface area contributed by atoms with Crippen molar-refractivity contribution in [1.82, 2.24) is 0 Å². The molecule has 1 fully saturated rings. The van der Waals surface area contributed by atoms with Gasteiger partial charge in [-0.05, 0) is 24.3 Å². The van der Waals surface area contributed by atoms with E-state index >= 15 is 0 Å². The van der Waals surface area contributed by atoms with Gasteiger partial charge in [0.1, 0.15) is 13.1 Å². The Balaban J connectivity index is 2.05. The number of nitrogens with two attached hydrogens (primary N) is 1. The van der Waals surface area contributed by atoms with Gasteiger partial charge in [-0.2, -0.15) is 0 Å². The molecule has 1 aromatic carbocycles. The highest BCUT2D eigenvalue weighted by atomic mass is 16.3. The number of nitrogens with zero attached hydrogens (tertiary/aromatic N) is 2. The first-order chi connectivity index (χ1) is 9.69. The van der Waals surface area contributed by atoms with Gasteiger partial charge in [0.2, 0.25) is 0 Å². The van der Waals surface area contributed by atoms with Crippen molar-refractivity contribution in [2.24, 2.45) is 0 Å². The molecule has 0 radical (unpaired) electrons. The van der Waals surface area contributed by atoms with Gasteiger partial charge in [-0.25, -0.2) is 0 Å². The first-order valence-electron chi connectivity index (χ1n) is 7.36. The van der Waals surface area contributed by atoms with Crippen molar-refractivity contribution in [1.29, 1.82) is 0 Å². The Morgan fingerprint density at radius 3 is 2.25 bits per heavy atom. The minimum absolute atomic E-state index is 0.182. The SMILES string of the molecule is Nc1ccc(N2CCC[N+](CCO)(CCO)CC2)cc1. The standard InChI is InChI=1S/C15H26N3O2/c16-14-2-4-15(5-3-14)17-6-1-8-18(9-7-17,10-12-19)11-13-20/h2-5,19-20H,1,6-13,16H2/q+1. The molecule has 1 aliphatic heterocycles. The summed E-state index contributed by atoms with van der Waals surface area (Å²) in [4.78, 5) is 2.37. The van der Waals surface area contributed by atoms with Crippen LogP contribution in [0, 0.1) is 0 Å². The first-order valence-corrected chi connectivity index (χ1v) is 7.36. The fourth-order valence-electron chi connectivity index (χ4n) is 3.08. The fraction of sp³-hybridized carbons (Fsp3) is 0.600. The Hall–Kier alpha value is -1.30. The molecule has 1 aliphatic rings. The van der Waals surface area contributed by atoms with Gasteiger partial charge in [0.05, 0.1) is 32.8 Å². The number of aliphatic hydroxyl groups excluding tert-OH is 2. The van der Waals surface area contributed by atoms with Crippen molar-refractivity contribution in [3.63, 3.8) is 0 Å². The molecule has 5 heteroatoms. The van der Waals surface area contributed by atoms with E-state index in [0.29, 0.717) is 0 Å². The van der Waals surface area contributed by atoms with Crippen LogP contribution in [0.2, 0.25) is 0 Å². The zero-order chi connectivity index (χ0) is 14.4. The van der Waals surface area contributed by atoms with Crippen molar-refractivity contribution in [2.75, 3.05) is 63.1 Å². The average molecular weight is 280 g/mol. The molecule has 0 amide bonds. The summed E-state index contributed by atoms with van der Waals surface area (Å²) in [7, 11) is 0. The maximum absolute atomic E-state index is 9.29. The van der Waals surface area contributed by atoms with Gasteiger partial charge in [-0.3, -0.25) is 0 Å². The quantitative estimate of drug-likeness (QED) is 0.535. The van der Waals surface area contributed by atoms with Crippen LogP contribution in [0.25, 0.3) is 0 Å². The highest BCUT2D eigenvalue weighted by Gasteiger charge is 2.29. The Morgan fingerprint density at radius 2 is 1.65 bits per heavy atom. The van der Waals surface area contributed by atoms with Crippen molar-refractivity contribution in [2.45, 2.75) is 6.42 Å². The van der Waals surface area contributed by atoms with E-state index in [1.54, 1.807) is 0 Å². The maximum Gasteiger partial charge on any atom is 0.102 e. The van der Waals surface area contributed by atoms with Gasteiger partial charge in [0.15, 0.2) is 0 Å². The summed E-state index contributed by atoms with van der Waals surface area (Å²) in [5.74, 6) is 0. The van der Waals surface area contributed by atoms with Crippen molar-refractivity contribution in [3.8, 4) is 0 Å². The monoisotopic (exact) mass is 280 g/mol. The summed E-state index contributed by atoms with van der Waals surface area (Å²) >= 11 is 0. The number of quaternary nitrogens is 1. The van der Waals surface area contributed by atoms with Crippen LogP contribution in [0.4, 0.5) is 11.4 Å². The molecule has 0 aromatic heterocycles. The molecular weight excluding hydrogens is 254 g/mol. The lowest BCUT2D eigenvalue weighted by atomic mass is 10.2. The normalized spacial score (nSPS) is 18.8. The van der Waals surface area contributed by atoms with E-state index in [1.165, 1.54) is 5.69 Å². The minimum Gasteiger partial charge on any atom is -0.399 e. The number of hydrogen-bond donors (Lipinski definition) is 3. The molecule has 0 unspecified atom stereocenters. The number of hydrogen-bond acceptors (Lipinski definition) is 4. The van der Waals surface area contributed by atoms with E-state index in [9.17, 15) is 10.2 Å². The highest BCUT2D eigenvalue weighted by Crippen LogP contribution is 2.20. The van der Waals surface area contributed by atoms with E-state index < -0.39 is 0 Å². The molecule has 0 saturated carbocycles. The summed E-state index contributed by atoms with van der Waals surface area (Å²) in [6.45, 7) is 5.78. The number of rotatable bonds is 5. The lowest BCUT2D eigenvalue weighted by molar-refractivity contribution is -0.926. The molecule has 4 N–H and O–H groups in total. The Morgan fingerprint density at radius 1 is 1.00 bits per heavy atom. The topological polar surface area (TPSA) is 69.7 Å². The Bertz CT molecular complexity index is 402. The third-order valence-corrected chi connectivity index (χ3v) is 4.31. The average Bonchev–Trinajstić information content (AvgIpc) is 2.64. The van der Waals surface area contributed by atoms with Crippen LogP contribution in [-0.2, 0) is 0 Å². The number of nitrogen functional groups attached to an aromatic ring is 1. The molecule has 1 saturated heterocycles. The molecular formula is C15H26N3O2+. The van der Waals surface area contributed by atoms with E-state index in [0.717, 1.165) is 55.9 Å². The van der Waals surface area contributed by atoms with Crippen LogP contribution in [0.5, 0.6) is 0 Å². The summed E-state index contributed by atoms with van der Waals surface area (Å²) in [5.41, 5.74) is 7.72. The van der Waals surface area contributed by atoms with Crippen LogP contribution in [-0.4, -0.2) is 67.2 Å². The molecule has 112 valence electrons. The molecule has 0 bridgehead atoms. The number of anilines is 2. The van der Waals surface area contributed by atoms with Gasteiger partial charge >= 0.3 is 0 Å². The van der Waals surface area contributed by atoms with Crippen molar-refractivity contribution >= 4 is 11.4 Å². The third-order valence-electron chi connectivity index (χ3n) is 4.31. The molecule has 0 atom stereocenters. The summed E-state index contributed by atoms with van der Waals surface area (Å²) < 4.78 is 0.818. The fourth-order valence-corrected chi connectivity index (χ4v) is 3.08. The molecule has 2 rings (SSSR count). The van der Waals surface area contributed by atoms with Gasteiger partial charge in [0.25, 0.3) is 0 Å². The Labute approximate surface area is 120 Å². The lowest BCUT2D eigenvalue weighted by Gasteiger charge is -2.36. The molecule has 1 aromatic rings. The second kappa shape index (κ2) is 6.92. The molecule has 5 nitrogen and oxygen atoms in total. The van der Waals surface area contributed by atoms with E-state index in [1.807, 2.05) is 12.1 Å². The van der Waals surface area contributed by atoms with Crippen LogP contribution >= 0.6 is 0 Å². The van der Waals surface area contributed by atoms with Gasteiger partial charge in [0, 0.05) is 24.3 Å². The highest BCUT2D eigenvalue weighted by molar-refractivity contribution is 5.53. The Kier molecular flexibility index (Phi) is 5.23. The first kappa shape index (κ1) is 15.1. The van der Waals surface area contributed by atoms with Crippen LogP contribution in [0.15, 0.2) is 24.3 Å². The van der Waals surface area contributed by atoms with Crippen molar-refractivity contribution < 1.29 is 14.7 Å². The van der Waals surface area contributed by atoms with E-state index in [4.69, 9.17) is 5.73 Å². The summed E-state index contributed by atoms with van der Waals surface area (Å²) in [5, 5.41) is 18.6. The van der Waals surface area contributed by atoms with Gasteiger partial charge in [-0.15, -0.1) is 0 Å². The van der Waals surface area contributed by atoms with Crippen LogP contribution < -0.4 is 10.6 Å².